The maximum atomic E-state index is 12.1. The maximum Gasteiger partial charge on any atom is 0.149 e. The van der Waals surface area contributed by atoms with Gasteiger partial charge in [-0.2, -0.15) is 0 Å². The molecule has 10 heteroatoms. The number of imidazole rings is 2. The Labute approximate surface area is 409 Å². The summed E-state index contributed by atoms with van der Waals surface area (Å²) in [5.41, 5.74) is 19.7. The Morgan fingerprint density at radius 3 is 1.27 bits per heavy atom. The van der Waals surface area contributed by atoms with Crippen LogP contribution in [0.4, 0.5) is 22.7 Å². The lowest BCUT2D eigenvalue weighted by Crippen LogP contribution is -2.34. The first-order valence-corrected chi connectivity index (χ1v) is 23.9. The van der Waals surface area contributed by atoms with E-state index < -0.39 is 0 Å². The Morgan fingerprint density at radius 1 is 0.429 bits per heavy atom. The van der Waals surface area contributed by atoms with E-state index in [1.54, 1.807) is 0 Å². The van der Waals surface area contributed by atoms with E-state index in [4.69, 9.17) is 9.97 Å². The normalized spacial score (nSPS) is 15.6. The number of aromatic nitrogens is 4. The SMILES string of the molecule is CC1=C(C)N(c2ccc(-c3nc4ccccc4n3/C=C\C(=C3CC3)n3c(-c4ccc(N5C(C)=C(C)N(c6ccccc6)C(C)=C5C)cc4O)nc4ccccc43)c(O)c2)C(C)=C(C)N1c1ccccc1. The molecule has 0 spiro atoms. The van der Waals surface area contributed by atoms with Crippen LogP contribution in [0.25, 0.3) is 56.7 Å². The van der Waals surface area contributed by atoms with E-state index in [0.717, 1.165) is 109 Å². The fourth-order valence-electron chi connectivity index (χ4n) is 10.4. The minimum Gasteiger partial charge on any atom is -0.507 e. The average molecular weight is 921 g/mol. The smallest absolute Gasteiger partial charge is 0.149 e. The van der Waals surface area contributed by atoms with Crippen molar-refractivity contribution in [2.75, 3.05) is 19.6 Å². The second-order valence-corrected chi connectivity index (χ2v) is 18.5. The number of phenolic OH excluding ortho intramolecular Hbond substituents is 2. The van der Waals surface area contributed by atoms with Crippen molar-refractivity contribution in [2.45, 2.75) is 68.2 Å². The van der Waals surface area contributed by atoms with Crippen molar-refractivity contribution in [1.29, 1.82) is 0 Å². The standard InChI is InChI=1S/C60H56N8O2/c1-37-41(5)66(42(6)38(2)64(37)46-19-11-9-12-20-46)48-29-31-50(57(69)35-48)59-61-52-23-15-17-25-55(52)63(59)34-33-54(45-27-28-45)68-56-26-18-16-24-53(56)62-60(68)51-32-30-49(36-58(51)70)67-43(7)39(3)65(40(4)44(67)8)47-21-13-10-14-22-47/h9-26,29-36,69-70H,27-28H2,1-8H3/b34-33-. The van der Waals surface area contributed by atoms with Gasteiger partial charge >= 0.3 is 0 Å². The molecule has 4 heterocycles. The van der Waals surface area contributed by atoms with Crippen molar-refractivity contribution in [3.8, 4) is 34.3 Å². The number of nitrogens with zero attached hydrogens (tertiary/aromatic N) is 8. The summed E-state index contributed by atoms with van der Waals surface area (Å²) >= 11 is 0. The molecular weight excluding hydrogens is 865 g/mol. The zero-order valence-electron chi connectivity index (χ0n) is 40.9. The third kappa shape index (κ3) is 7.26. The predicted molar refractivity (Wildman–Crippen MR) is 288 cm³/mol. The first-order valence-electron chi connectivity index (χ1n) is 23.9. The summed E-state index contributed by atoms with van der Waals surface area (Å²) in [4.78, 5) is 19.4. The van der Waals surface area contributed by atoms with Crippen molar-refractivity contribution in [1.82, 2.24) is 19.1 Å². The lowest BCUT2D eigenvalue weighted by atomic mass is 10.1. The summed E-state index contributed by atoms with van der Waals surface area (Å²) in [6.07, 6.45) is 6.08. The van der Waals surface area contributed by atoms with E-state index in [9.17, 15) is 10.2 Å². The molecule has 348 valence electrons. The Morgan fingerprint density at radius 2 is 0.814 bits per heavy atom. The van der Waals surface area contributed by atoms with Gasteiger partial charge in [0.1, 0.15) is 23.1 Å². The molecule has 70 heavy (non-hydrogen) atoms. The van der Waals surface area contributed by atoms with Gasteiger partial charge in [0.15, 0.2) is 0 Å². The molecule has 8 aromatic rings. The fraction of sp³-hybridized carbons (Fsp3) is 0.167. The molecule has 1 saturated carbocycles. The van der Waals surface area contributed by atoms with Gasteiger partial charge in [-0.1, -0.05) is 60.7 Å². The van der Waals surface area contributed by atoms with Gasteiger partial charge in [-0.15, -0.1) is 0 Å². The van der Waals surface area contributed by atoms with Crippen LogP contribution in [-0.4, -0.2) is 29.3 Å². The summed E-state index contributed by atoms with van der Waals surface area (Å²) in [5.74, 6) is 1.54. The molecule has 1 fully saturated rings. The van der Waals surface area contributed by atoms with Crippen molar-refractivity contribution in [2.24, 2.45) is 0 Å². The number of hydrogen-bond acceptors (Lipinski definition) is 8. The molecular formula is C60H56N8O2. The number of hydrogen-bond donors (Lipinski definition) is 2. The highest BCUT2D eigenvalue weighted by atomic mass is 16.3. The second kappa shape index (κ2) is 17.2. The van der Waals surface area contributed by atoms with Gasteiger partial charge in [-0.3, -0.25) is 9.13 Å². The zero-order valence-corrected chi connectivity index (χ0v) is 40.9. The number of fused-ring (bicyclic) bond motifs is 2. The predicted octanol–water partition coefficient (Wildman–Crippen LogP) is 15.0. The fourth-order valence-corrected chi connectivity index (χ4v) is 10.4. The molecule has 3 aliphatic rings. The molecule has 10 nitrogen and oxygen atoms in total. The van der Waals surface area contributed by atoms with Crippen LogP contribution in [0.5, 0.6) is 11.5 Å². The van der Waals surface area contributed by atoms with Crippen LogP contribution in [0.15, 0.2) is 203 Å². The molecule has 0 radical (unpaired) electrons. The minimum atomic E-state index is 0.131. The van der Waals surface area contributed by atoms with Crippen molar-refractivity contribution in [3.63, 3.8) is 0 Å². The second-order valence-electron chi connectivity index (χ2n) is 18.5. The third-order valence-electron chi connectivity index (χ3n) is 14.4. The van der Waals surface area contributed by atoms with Gasteiger partial charge in [-0.25, -0.2) is 9.97 Å². The van der Waals surface area contributed by atoms with E-state index in [1.807, 2.05) is 72.8 Å². The van der Waals surface area contributed by atoms with Gasteiger partial charge in [0.2, 0.25) is 0 Å². The summed E-state index contributed by atoms with van der Waals surface area (Å²) in [7, 11) is 0. The Kier molecular flexibility index (Phi) is 10.8. The first-order chi connectivity index (χ1) is 33.9. The monoisotopic (exact) mass is 920 g/mol. The number of aromatic hydroxyl groups is 2. The third-order valence-corrected chi connectivity index (χ3v) is 14.4. The number of phenols is 2. The van der Waals surface area contributed by atoms with Gasteiger partial charge in [0, 0.05) is 92.4 Å². The van der Waals surface area contributed by atoms with Crippen LogP contribution in [0.1, 0.15) is 68.2 Å². The molecule has 6 aromatic carbocycles. The highest BCUT2D eigenvalue weighted by molar-refractivity contribution is 5.91. The largest absolute Gasteiger partial charge is 0.507 e. The molecule has 2 N–H and O–H groups in total. The van der Waals surface area contributed by atoms with Crippen LogP contribution in [-0.2, 0) is 0 Å². The van der Waals surface area contributed by atoms with Gasteiger partial charge in [0.05, 0.1) is 33.2 Å². The molecule has 0 unspecified atom stereocenters. The molecule has 0 amide bonds. The van der Waals surface area contributed by atoms with E-state index in [-0.39, 0.29) is 11.5 Å². The average Bonchev–Trinajstić information content (AvgIpc) is 4.05. The van der Waals surface area contributed by atoms with Crippen LogP contribution < -0.4 is 19.6 Å². The van der Waals surface area contributed by atoms with Crippen LogP contribution in [0.2, 0.25) is 0 Å². The van der Waals surface area contributed by atoms with Crippen molar-refractivity contribution in [3.05, 3.63) is 203 Å². The van der Waals surface area contributed by atoms with Crippen molar-refractivity contribution < 1.29 is 10.2 Å². The van der Waals surface area contributed by atoms with E-state index in [0.29, 0.717) is 22.8 Å². The van der Waals surface area contributed by atoms with Crippen molar-refractivity contribution >= 4 is 56.7 Å². The Hall–Kier alpha value is -8.50. The van der Waals surface area contributed by atoms with Gasteiger partial charge in [-0.05, 0) is 153 Å². The lowest BCUT2D eigenvalue weighted by Gasteiger charge is -2.40. The number of rotatable bonds is 9. The summed E-state index contributed by atoms with van der Waals surface area (Å²) < 4.78 is 4.25. The zero-order chi connectivity index (χ0) is 48.5. The molecule has 2 aliphatic heterocycles. The summed E-state index contributed by atoms with van der Waals surface area (Å²) in [6.45, 7) is 17.1. The number of anilines is 4. The summed E-state index contributed by atoms with van der Waals surface area (Å²) in [6, 6.07) is 48.8. The first kappa shape index (κ1) is 44.0. The van der Waals surface area contributed by atoms with Crippen LogP contribution in [0, 0.1) is 0 Å². The quantitative estimate of drug-likeness (QED) is 0.148. The highest BCUT2D eigenvalue weighted by Gasteiger charge is 2.30. The molecule has 0 bridgehead atoms. The van der Waals surface area contributed by atoms with Crippen LogP contribution in [0.3, 0.4) is 0 Å². The number of allylic oxidation sites excluding steroid dienone is 11. The topological polar surface area (TPSA) is 89.1 Å². The number of benzene rings is 6. The van der Waals surface area contributed by atoms with Crippen LogP contribution >= 0.6 is 0 Å². The molecule has 0 saturated heterocycles. The molecule has 11 rings (SSSR count). The maximum absolute atomic E-state index is 12.1. The minimum absolute atomic E-state index is 0.131. The van der Waals surface area contributed by atoms with Gasteiger partial charge < -0.3 is 29.8 Å². The summed E-state index contributed by atoms with van der Waals surface area (Å²) in [5, 5.41) is 24.1. The number of para-hydroxylation sites is 6. The van der Waals surface area contributed by atoms with Gasteiger partial charge in [0.25, 0.3) is 0 Å². The molecule has 0 atom stereocenters. The Balaban J connectivity index is 0.965. The lowest BCUT2D eigenvalue weighted by molar-refractivity contribution is 0.476. The molecule has 2 aromatic heterocycles. The Bertz CT molecular complexity index is 3570. The molecule has 1 aliphatic carbocycles. The highest BCUT2D eigenvalue weighted by Crippen LogP contribution is 2.45. The van der Waals surface area contributed by atoms with E-state index in [2.05, 4.69) is 169 Å². The van der Waals surface area contributed by atoms with E-state index in [1.165, 1.54) is 5.57 Å². The van der Waals surface area contributed by atoms with E-state index >= 15 is 0 Å².